The van der Waals surface area contributed by atoms with Gasteiger partial charge in [-0.15, -0.1) is 0 Å². The van der Waals surface area contributed by atoms with Crippen LogP contribution in [0.1, 0.15) is 23.2 Å². The van der Waals surface area contributed by atoms with Gasteiger partial charge in [0.05, 0.1) is 10.7 Å². The maximum absolute atomic E-state index is 13.6. The number of pyridine rings is 1. The number of fused-ring (bicyclic) bond motifs is 1. The van der Waals surface area contributed by atoms with E-state index in [1.54, 1.807) is 35.6 Å². The van der Waals surface area contributed by atoms with E-state index in [2.05, 4.69) is 15.3 Å². The lowest BCUT2D eigenvalue weighted by Crippen LogP contribution is -2.47. The highest BCUT2D eigenvalue weighted by atomic mass is 35.5. The van der Waals surface area contributed by atoms with Crippen molar-refractivity contribution in [3.8, 4) is 0 Å². The van der Waals surface area contributed by atoms with Gasteiger partial charge < -0.3 is 15.2 Å². The molecule has 2 aromatic heterocycles. The minimum atomic E-state index is -0.231. The van der Waals surface area contributed by atoms with Gasteiger partial charge in [-0.3, -0.25) is 19.5 Å². The van der Waals surface area contributed by atoms with Gasteiger partial charge in [0.15, 0.2) is 0 Å². The van der Waals surface area contributed by atoms with Gasteiger partial charge in [0.25, 0.3) is 5.91 Å². The van der Waals surface area contributed by atoms with Crippen molar-refractivity contribution in [1.29, 1.82) is 0 Å². The summed E-state index contributed by atoms with van der Waals surface area (Å²) in [6, 6.07) is 18.8. The Balaban J connectivity index is 1.29. The summed E-state index contributed by atoms with van der Waals surface area (Å²) in [5, 5.41) is 4.95. The van der Waals surface area contributed by atoms with Crippen LogP contribution in [0, 0.1) is 0 Å². The molecule has 7 nitrogen and oxygen atoms in total. The Morgan fingerprint density at radius 1 is 1.09 bits per heavy atom. The number of piperidine rings is 1. The lowest BCUT2D eigenvalue weighted by atomic mass is 10.0. The zero-order valence-electron chi connectivity index (χ0n) is 19.2. The standard InChI is InChI=1S/C27H26ClN5O2/c28-24-17-30-25-15-19(8-9-23(24)25)27(35)33(22-6-2-1-3-7-22)18-26(34)32-13-10-20(11-14-32)31-21-5-4-12-29-16-21/h1-9,12,15-17,20,30-31H,10-11,13-14,18H2. The smallest absolute Gasteiger partial charge is 0.258 e. The molecule has 1 aliphatic rings. The molecule has 0 radical (unpaired) electrons. The first kappa shape index (κ1) is 22.9. The Morgan fingerprint density at radius 3 is 2.63 bits per heavy atom. The summed E-state index contributed by atoms with van der Waals surface area (Å²) >= 11 is 6.19. The van der Waals surface area contributed by atoms with Crippen LogP contribution in [-0.4, -0.2) is 52.4 Å². The number of anilines is 2. The molecule has 0 spiro atoms. The molecule has 4 aromatic rings. The van der Waals surface area contributed by atoms with Gasteiger partial charge in [0.2, 0.25) is 5.91 Å². The Bertz CT molecular complexity index is 1320. The number of halogens is 1. The van der Waals surface area contributed by atoms with Gasteiger partial charge in [-0.2, -0.15) is 0 Å². The van der Waals surface area contributed by atoms with E-state index in [1.807, 2.05) is 53.4 Å². The molecular weight excluding hydrogens is 462 g/mol. The summed E-state index contributed by atoms with van der Waals surface area (Å²) in [5.41, 5.74) is 2.94. The lowest BCUT2D eigenvalue weighted by Gasteiger charge is -2.34. The summed E-state index contributed by atoms with van der Waals surface area (Å²) in [4.78, 5) is 37.5. The summed E-state index contributed by atoms with van der Waals surface area (Å²) in [7, 11) is 0. The molecule has 2 N–H and O–H groups in total. The summed E-state index contributed by atoms with van der Waals surface area (Å²) in [6.45, 7) is 1.26. The van der Waals surface area contributed by atoms with Gasteiger partial charge in [-0.05, 0) is 49.2 Å². The minimum Gasteiger partial charge on any atom is -0.381 e. The number of carbonyl (C=O) groups is 2. The zero-order chi connectivity index (χ0) is 24.2. The van der Waals surface area contributed by atoms with Crippen LogP contribution in [0.2, 0.25) is 5.02 Å². The fourth-order valence-corrected chi connectivity index (χ4v) is 4.68. The summed E-state index contributed by atoms with van der Waals surface area (Å²) in [5.74, 6) is -0.295. The highest BCUT2D eigenvalue weighted by molar-refractivity contribution is 6.35. The van der Waals surface area contributed by atoms with Crippen LogP contribution in [0.5, 0.6) is 0 Å². The number of H-pyrrole nitrogens is 1. The van der Waals surface area contributed by atoms with Gasteiger partial charge in [-0.1, -0.05) is 35.9 Å². The molecule has 35 heavy (non-hydrogen) atoms. The number of aromatic amines is 1. The SMILES string of the molecule is O=C(CN(C(=O)c1ccc2c(Cl)c[nH]c2c1)c1ccccc1)N1CCC(Nc2cccnc2)CC1. The van der Waals surface area contributed by atoms with E-state index >= 15 is 0 Å². The van der Waals surface area contributed by atoms with Crippen molar-refractivity contribution in [2.24, 2.45) is 0 Å². The van der Waals surface area contributed by atoms with Gasteiger partial charge >= 0.3 is 0 Å². The molecule has 0 unspecified atom stereocenters. The van der Waals surface area contributed by atoms with Crippen LogP contribution < -0.4 is 10.2 Å². The lowest BCUT2D eigenvalue weighted by molar-refractivity contribution is -0.130. The topological polar surface area (TPSA) is 81.3 Å². The molecule has 2 amide bonds. The number of amides is 2. The number of hydrogen-bond donors (Lipinski definition) is 2. The first-order valence-corrected chi connectivity index (χ1v) is 12.0. The third-order valence-electron chi connectivity index (χ3n) is 6.36. The van der Waals surface area contributed by atoms with Crippen molar-refractivity contribution >= 4 is 45.7 Å². The molecule has 5 rings (SSSR count). The average Bonchev–Trinajstić information content (AvgIpc) is 3.28. The molecule has 1 saturated heterocycles. The third kappa shape index (κ3) is 5.15. The normalized spacial score (nSPS) is 14.1. The summed E-state index contributed by atoms with van der Waals surface area (Å²) < 4.78 is 0. The van der Waals surface area contributed by atoms with Crippen LogP contribution in [0.4, 0.5) is 11.4 Å². The Morgan fingerprint density at radius 2 is 1.89 bits per heavy atom. The molecule has 1 fully saturated rings. The molecule has 0 aliphatic carbocycles. The predicted octanol–water partition coefficient (Wildman–Crippen LogP) is 4.97. The molecule has 3 heterocycles. The fraction of sp³-hybridized carbons (Fsp3) is 0.222. The van der Waals surface area contributed by atoms with Crippen LogP contribution in [0.3, 0.4) is 0 Å². The summed E-state index contributed by atoms with van der Waals surface area (Å²) in [6.07, 6.45) is 6.93. The first-order chi connectivity index (χ1) is 17.1. The Labute approximate surface area is 208 Å². The number of hydrogen-bond acceptors (Lipinski definition) is 4. The van der Waals surface area contributed by atoms with Gasteiger partial charge in [0, 0.05) is 59.9 Å². The van der Waals surface area contributed by atoms with E-state index in [1.165, 1.54) is 0 Å². The number of nitrogens with one attached hydrogen (secondary N) is 2. The molecule has 178 valence electrons. The van der Waals surface area contributed by atoms with E-state index in [0.717, 1.165) is 29.4 Å². The highest BCUT2D eigenvalue weighted by Crippen LogP contribution is 2.25. The second-order valence-electron chi connectivity index (χ2n) is 8.66. The molecule has 2 aromatic carbocycles. The Kier molecular flexibility index (Phi) is 6.68. The monoisotopic (exact) mass is 487 g/mol. The van der Waals surface area contributed by atoms with Crippen molar-refractivity contribution in [3.05, 3.63) is 89.8 Å². The molecular formula is C27H26ClN5O2. The van der Waals surface area contributed by atoms with Crippen LogP contribution in [-0.2, 0) is 4.79 Å². The van der Waals surface area contributed by atoms with Crippen molar-refractivity contribution in [2.45, 2.75) is 18.9 Å². The first-order valence-electron chi connectivity index (χ1n) is 11.7. The van der Waals surface area contributed by atoms with Gasteiger partial charge in [0.1, 0.15) is 6.54 Å². The second kappa shape index (κ2) is 10.2. The van der Waals surface area contributed by atoms with Crippen LogP contribution in [0.25, 0.3) is 10.9 Å². The maximum atomic E-state index is 13.6. The number of rotatable bonds is 6. The predicted molar refractivity (Wildman–Crippen MR) is 139 cm³/mol. The molecule has 1 aliphatic heterocycles. The minimum absolute atomic E-state index is 0.0208. The molecule has 0 saturated carbocycles. The largest absolute Gasteiger partial charge is 0.381 e. The van der Waals surface area contributed by atoms with Crippen molar-refractivity contribution in [3.63, 3.8) is 0 Å². The molecule has 8 heteroatoms. The van der Waals surface area contributed by atoms with Crippen LogP contribution >= 0.6 is 11.6 Å². The maximum Gasteiger partial charge on any atom is 0.258 e. The van der Waals surface area contributed by atoms with Crippen LogP contribution in [0.15, 0.2) is 79.3 Å². The second-order valence-corrected chi connectivity index (χ2v) is 9.07. The average molecular weight is 488 g/mol. The number of para-hydroxylation sites is 1. The van der Waals surface area contributed by atoms with E-state index in [9.17, 15) is 9.59 Å². The van der Waals surface area contributed by atoms with E-state index in [-0.39, 0.29) is 24.4 Å². The van der Waals surface area contributed by atoms with E-state index < -0.39 is 0 Å². The number of carbonyl (C=O) groups excluding carboxylic acids is 2. The third-order valence-corrected chi connectivity index (χ3v) is 6.68. The molecule has 0 atom stereocenters. The number of nitrogens with zero attached hydrogens (tertiary/aromatic N) is 3. The number of aromatic nitrogens is 2. The highest BCUT2D eigenvalue weighted by Gasteiger charge is 2.27. The molecule has 0 bridgehead atoms. The van der Waals surface area contributed by atoms with Crippen molar-refractivity contribution in [2.75, 3.05) is 29.9 Å². The van der Waals surface area contributed by atoms with Gasteiger partial charge in [-0.25, -0.2) is 0 Å². The number of likely N-dealkylation sites (tertiary alicyclic amines) is 1. The quantitative estimate of drug-likeness (QED) is 0.402. The van der Waals surface area contributed by atoms with E-state index in [0.29, 0.717) is 29.4 Å². The number of benzene rings is 2. The Hall–Kier alpha value is -3.84. The van der Waals surface area contributed by atoms with E-state index in [4.69, 9.17) is 11.6 Å². The fourth-order valence-electron chi connectivity index (χ4n) is 4.46. The van der Waals surface area contributed by atoms with Crippen molar-refractivity contribution in [1.82, 2.24) is 14.9 Å². The zero-order valence-corrected chi connectivity index (χ0v) is 19.9. The van der Waals surface area contributed by atoms with Crippen molar-refractivity contribution < 1.29 is 9.59 Å².